The van der Waals surface area contributed by atoms with Gasteiger partial charge in [0.1, 0.15) is 0 Å². The smallest absolute Gasteiger partial charge is 0.0433 e. The van der Waals surface area contributed by atoms with Crippen LogP contribution in [0, 0.1) is 17.8 Å². The topological polar surface area (TPSA) is 20.2 Å². The molecule has 1 nitrogen and oxygen atoms in total. The van der Waals surface area contributed by atoms with Gasteiger partial charge in [-0.3, -0.25) is 0 Å². The van der Waals surface area contributed by atoms with Gasteiger partial charge in [0.05, 0.1) is 0 Å². The summed E-state index contributed by atoms with van der Waals surface area (Å²) in [4.78, 5) is 0. The molecule has 0 bridgehead atoms. The van der Waals surface area contributed by atoms with Crippen molar-refractivity contribution in [1.29, 1.82) is 0 Å². The quantitative estimate of drug-likeness (QED) is 0.711. The molecule has 1 N–H and O–H groups in total. The Balaban J connectivity index is 2.15. The van der Waals surface area contributed by atoms with Crippen molar-refractivity contribution >= 4 is 0 Å². The van der Waals surface area contributed by atoms with Crippen molar-refractivity contribution in [2.45, 2.75) is 52.4 Å². The minimum absolute atomic E-state index is 0.388. The standard InChI is InChI=1S/C12H24O/c1-10(2)9-12-5-3-11(4-6-12)7-8-13/h10-13H,3-9H2,1-2H3/t11-,12-. The molecular weight excluding hydrogens is 160 g/mol. The average Bonchev–Trinajstić information content (AvgIpc) is 2.08. The molecule has 0 saturated heterocycles. The Kier molecular flexibility index (Phi) is 4.79. The molecule has 0 heterocycles. The van der Waals surface area contributed by atoms with E-state index in [1.807, 2.05) is 0 Å². The molecule has 0 aromatic rings. The summed E-state index contributed by atoms with van der Waals surface area (Å²) in [6.07, 6.45) is 7.97. The SMILES string of the molecule is CC(C)C[C@H]1CC[C@H](CCO)CC1. The molecule has 1 rings (SSSR count). The van der Waals surface area contributed by atoms with Crippen LogP contribution in [0.15, 0.2) is 0 Å². The van der Waals surface area contributed by atoms with Gasteiger partial charge in [0.15, 0.2) is 0 Å². The van der Waals surface area contributed by atoms with Crippen molar-refractivity contribution in [2.75, 3.05) is 6.61 Å². The van der Waals surface area contributed by atoms with Crippen LogP contribution in [-0.4, -0.2) is 11.7 Å². The highest BCUT2D eigenvalue weighted by Gasteiger charge is 2.20. The van der Waals surface area contributed by atoms with Gasteiger partial charge in [0.25, 0.3) is 0 Å². The highest BCUT2D eigenvalue weighted by atomic mass is 16.3. The maximum atomic E-state index is 8.83. The first-order chi connectivity index (χ1) is 6.22. The van der Waals surface area contributed by atoms with Gasteiger partial charge in [0.2, 0.25) is 0 Å². The van der Waals surface area contributed by atoms with Crippen LogP contribution in [0.2, 0.25) is 0 Å². The molecule has 0 spiro atoms. The second-order valence-electron chi connectivity index (χ2n) is 5.03. The van der Waals surface area contributed by atoms with E-state index in [1.54, 1.807) is 0 Å². The molecule has 1 aliphatic carbocycles. The summed E-state index contributed by atoms with van der Waals surface area (Å²) in [5.74, 6) is 2.67. The van der Waals surface area contributed by atoms with Crippen molar-refractivity contribution in [1.82, 2.24) is 0 Å². The fraction of sp³-hybridized carbons (Fsp3) is 1.00. The van der Waals surface area contributed by atoms with Crippen molar-refractivity contribution in [3.8, 4) is 0 Å². The van der Waals surface area contributed by atoms with Crippen molar-refractivity contribution < 1.29 is 5.11 Å². The van der Waals surface area contributed by atoms with Gasteiger partial charge in [-0.2, -0.15) is 0 Å². The molecule has 1 saturated carbocycles. The Morgan fingerprint density at radius 3 is 2.08 bits per heavy atom. The summed E-state index contributed by atoms with van der Waals surface area (Å²) < 4.78 is 0. The maximum Gasteiger partial charge on any atom is 0.0433 e. The lowest BCUT2D eigenvalue weighted by molar-refractivity contribution is 0.195. The Labute approximate surface area is 82.5 Å². The highest BCUT2D eigenvalue weighted by Crippen LogP contribution is 2.33. The zero-order chi connectivity index (χ0) is 9.68. The monoisotopic (exact) mass is 184 g/mol. The summed E-state index contributed by atoms with van der Waals surface area (Å²) in [6.45, 7) is 5.03. The van der Waals surface area contributed by atoms with Gasteiger partial charge in [-0.25, -0.2) is 0 Å². The Hall–Kier alpha value is -0.0400. The predicted molar refractivity (Wildman–Crippen MR) is 56.6 cm³/mol. The molecule has 0 aliphatic heterocycles. The Morgan fingerprint density at radius 1 is 1.08 bits per heavy atom. The van der Waals surface area contributed by atoms with Gasteiger partial charge in [-0.1, -0.05) is 39.5 Å². The predicted octanol–water partition coefficient (Wildman–Crippen LogP) is 3.22. The van der Waals surface area contributed by atoms with Crippen molar-refractivity contribution in [2.24, 2.45) is 17.8 Å². The Morgan fingerprint density at radius 2 is 1.62 bits per heavy atom. The first-order valence-electron chi connectivity index (χ1n) is 5.83. The lowest BCUT2D eigenvalue weighted by atomic mass is 9.77. The van der Waals surface area contributed by atoms with Gasteiger partial charge in [-0.15, -0.1) is 0 Å². The van der Waals surface area contributed by atoms with E-state index < -0.39 is 0 Å². The van der Waals surface area contributed by atoms with Crippen molar-refractivity contribution in [3.63, 3.8) is 0 Å². The molecule has 78 valence electrons. The molecule has 0 amide bonds. The van der Waals surface area contributed by atoms with E-state index in [1.165, 1.54) is 32.1 Å². The van der Waals surface area contributed by atoms with Gasteiger partial charge >= 0.3 is 0 Å². The normalized spacial score (nSPS) is 29.5. The van der Waals surface area contributed by atoms with Gasteiger partial charge in [0, 0.05) is 6.61 Å². The van der Waals surface area contributed by atoms with E-state index in [-0.39, 0.29) is 0 Å². The summed E-state index contributed by atoms with van der Waals surface area (Å²) in [6, 6.07) is 0. The molecule has 1 aliphatic rings. The summed E-state index contributed by atoms with van der Waals surface area (Å²) in [5, 5.41) is 8.83. The summed E-state index contributed by atoms with van der Waals surface area (Å²) in [5.41, 5.74) is 0. The average molecular weight is 184 g/mol. The third kappa shape index (κ3) is 4.12. The van der Waals surface area contributed by atoms with E-state index in [9.17, 15) is 0 Å². The fourth-order valence-electron chi connectivity index (χ4n) is 2.61. The third-order valence-corrected chi connectivity index (χ3v) is 3.31. The lowest BCUT2D eigenvalue weighted by Crippen LogP contribution is -2.16. The van der Waals surface area contributed by atoms with E-state index in [2.05, 4.69) is 13.8 Å². The first-order valence-corrected chi connectivity index (χ1v) is 5.83. The van der Waals surface area contributed by atoms with E-state index in [4.69, 9.17) is 5.11 Å². The van der Waals surface area contributed by atoms with Crippen LogP contribution in [0.25, 0.3) is 0 Å². The van der Waals surface area contributed by atoms with Crippen LogP contribution in [0.1, 0.15) is 52.4 Å². The summed E-state index contributed by atoms with van der Waals surface area (Å²) >= 11 is 0. The largest absolute Gasteiger partial charge is 0.396 e. The molecule has 0 aromatic carbocycles. The first kappa shape index (κ1) is 11.0. The van der Waals surface area contributed by atoms with Gasteiger partial charge in [-0.05, 0) is 30.6 Å². The molecule has 0 atom stereocenters. The second kappa shape index (κ2) is 5.64. The second-order valence-corrected chi connectivity index (χ2v) is 5.03. The van der Waals surface area contributed by atoms with E-state index in [0.717, 1.165) is 24.2 Å². The highest BCUT2D eigenvalue weighted by molar-refractivity contribution is 4.73. The van der Waals surface area contributed by atoms with E-state index in [0.29, 0.717) is 6.61 Å². The number of hydrogen-bond donors (Lipinski definition) is 1. The van der Waals surface area contributed by atoms with Gasteiger partial charge < -0.3 is 5.11 Å². The molecule has 0 radical (unpaired) electrons. The Bertz CT molecular complexity index is 123. The fourth-order valence-corrected chi connectivity index (χ4v) is 2.61. The minimum atomic E-state index is 0.388. The number of aliphatic hydroxyl groups is 1. The summed E-state index contributed by atoms with van der Waals surface area (Å²) in [7, 11) is 0. The molecular formula is C12H24O. The molecule has 13 heavy (non-hydrogen) atoms. The van der Waals surface area contributed by atoms with Crippen LogP contribution in [0.4, 0.5) is 0 Å². The zero-order valence-corrected chi connectivity index (χ0v) is 9.13. The number of hydrogen-bond acceptors (Lipinski definition) is 1. The maximum absolute atomic E-state index is 8.83. The minimum Gasteiger partial charge on any atom is -0.396 e. The number of aliphatic hydroxyl groups excluding tert-OH is 1. The molecule has 0 unspecified atom stereocenters. The number of rotatable bonds is 4. The van der Waals surface area contributed by atoms with E-state index >= 15 is 0 Å². The zero-order valence-electron chi connectivity index (χ0n) is 9.13. The van der Waals surface area contributed by atoms with Crippen molar-refractivity contribution in [3.05, 3.63) is 0 Å². The third-order valence-electron chi connectivity index (χ3n) is 3.31. The van der Waals surface area contributed by atoms with Crippen LogP contribution in [-0.2, 0) is 0 Å². The molecule has 1 heteroatoms. The molecule has 1 fully saturated rings. The lowest BCUT2D eigenvalue weighted by Gasteiger charge is -2.29. The molecule has 0 aromatic heterocycles. The van der Waals surface area contributed by atoms with Crippen LogP contribution < -0.4 is 0 Å². The van der Waals surface area contributed by atoms with Crippen LogP contribution in [0.3, 0.4) is 0 Å². The van der Waals surface area contributed by atoms with Crippen LogP contribution >= 0.6 is 0 Å². The van der Waals surface area contributed by atoms with Crippen LogP contribution in [0.5, 0.6) is 0 Å².